The third-order valence-corrected chi connectivity index (χ3v) is 1.70. The summed E-state index contributed by atoms with van der Waals surface area (Å²) in [5.41, 5.74) is -1.07. The molecule has 13 heavy (non-hydrogen) atoms. The van der Waals surface area contributed by atoms with Crippen LogP contribution in [0.5, 0.6) is 0 Å². The molecule has 0 fully saturated rings. The van der Waals surface area contributed by atoms with Crippen LogP contribution in [0.25, 0.3) is 0 Å². The zero-order chi connectivity index (χ0) is 10.7. The molecule has 0 aromatic heterocycles. The van der Waals surface area contributed by atoms with Crippen LogP contribution in [-0.2, 0) is 4.74 Å². The first-order valence-electron chi connectivity index (χ1n) is 4.21. The van der Waals surface area contributed by atoms with Crippen molar-refractivity contribution < 1.29 is 19.7 Å². The maximum Gasteiger partial charge on any atom is 0.506 e. The van der Waals surface area contributed by atoms with Gasteiger partial charge in [-0.25, -0.2) is 4.79 Å². The second-order valence-electron chi connectivity index (χ2n) is 4.63. The molecule has 0 aromatic rings. The summed E-state index contributed by atoms with van der Waals surface area (Å²) in [5, 5.41) is 17.4. The van der Waals surface area contributed by atoms with Gasteiger partial charge in [0, 0.05) is 6.61 Å². The highest BCUT2D eigenvalue weighted by atomic mass is 16.7. The minimum Gasteiger partial charge on any atom is -0.450 e. The van der Waals surface area contributed by atoms with Gasteiger partial charge in [0.1, 0.15) is 5.60 Å². The molecule has 0 aliphatic rings. The van der Waals surface area contributed by atoms with Gasteiger partial charge in [0.15, 0.2) is 0 Å². The lowest BCUT2D eigenvalue weighted by Gasteiger charge is -2.32. The third kappa shape index (κ3) is 5.47. The first-order chi connectivity index (χ1) is 5.68. The SMILES string of the molecule is CC(C)(CO)CC(C)(C)OC(=O)O. The molecule has 0 rings (SSSR count). The Balaban J connectivity index is 4.24. The molecule has 0 radical (unpaired) electrons. The summed E-state index contributed by atoms with van der Waals surface area (Å²) >= 11 is 0. The van der Waals surface area contributed by atoms with E-state index in [-0.39, 0.29) is 12.0 Å². The fraction of sp³-hybridized carbons (Fsp3) is 0.889. The number of carboxylic acid groups (broad SMARTS) is 1. The van der Waals surface area contributed by atoms with Crippen molar-refractivity contribution in [2.75, 3.05) is 6.61 Å². The van der Waals surface area contributed by atoms with E-state index < -0.39 is 11.8 Å². The molecule has 4 nitrogen and oxygen atoms in total. The van der Waals surface area contributed by atoms with Crippen molar-refractivity contribution in [1.29, 1.82) is 0 Å². The van der Waals surface area contributed by atoms with E-state index in [1.165, 1.54) is 0 Å². The second kappa shape index (κ2) is 3.96. The summed E-state index contributed by atoms with van der Waals surface area (Å²) in [6.45, 7) is 7.12. The summed E-state index contributed by atoms with van der Waals surface area (Å²) < 4.78 is 4.68. The molecule has 0 aromatic carbocycles. The van der Waals surface area contributed by atoms with Crippen LogP contribution in [-0.4, -0.2) is 28.6 Å². The number of rotatable bonds is 4. The Kier molecular flexibility index (Phi) is 3.72. The van der Waals surface area contributed by atoms with Crippen molar-refractivity contribution in [3.05, 3.63) is 0 Å². The smallest absolute Gasteiger partial charge is 0.450 e. The van der Waals surface area contributed by atoms with E-state index in [1.807, 2.05) is 13.8 Å². The van der Waals surface area contributed by atoms with Crippen LogP contribution >= 0.6 is 0 Å². The van der Waals surface area contributed by atoms with Crippen molar-refractivity contribution >= 4 is 6.16 Å². The fourth-order valence-electron chi connectivity index (χ4n) is 1.48. The molecule has 0 spiro atoms. The highest BCUT2D eigenvalue weighted by Crippen LogP contribution is 2.29. The molecule has 0 atom stereocenters. The largest absolute Gasteiger partial charge is 0.506 e. The van der Waals surface area contributed by atoms with Gasteiger partial charge in [0.25, 0.3) is 0 Å². The van der Waals surface area contributed by atoms with Crippen molar-refractivity contribution in [3.63, 3.8) is 0 Å². The van der Waals surface area contributed by atoms with E-state index in [4.69, 9.17) is 10.2 Å². The Morgan fingerprint density at radius 2 is 1.77 bits per heavy atom. The number of aliphatic hydroxyl groups excluding tert-OH is 1. The van der Waals surface area contributed by atoms with E-state index in [9.17, 15) is 4.79 Å². The molecule has 0 aliphatic carbocycles. The van der Waals surface area contributed by atoms with Gasteiger partial charge in [-0.05, 0) is 25.7 Å². The van der Waals surface area contributed by atoms with Gasteiger partial charge in [0.05, 0.1) is 0 Å². The van der Waals surface area contributed by atoms with Gasteiger partial charge in [-0.15, -0.1) is 0 Å². The molecule has 0 unspecified atom stereocenters. The average molecular weight is 190 g/mol. The van der Waals surface area contributed by atoms with E-state index in [2.05, 4.69) is 4.74 Å². The van der Waals surface area contributed by atoms with Crippen molar-refractivity contribution in [3.8, 4) is 0 Å². The fourth-order valence-corrected chi connectivity index (χ4v) is 1.48. The summed E-state index contributed by atoms with van der Waals surface area (Å²) in [6, 6.07) is 0. The van der Waals surface area contributed by atoms with E-state index in [0.717, 1.165) is 0 Å². The molecule has 0 aliphatic heterocycles. The van der Waals surface area contributed by atoms with Crippen LogP contribution in [0.4, 0.5) is 4.79 Å². The predicted octanol–water partition coefficient (Wildman–Crippen LogP) is 1.87. The first kappa shape index (κ1) is 12.2. The lowest BCUT2D eigenvalue weighted by molar-refractivity contribution is -0.0298. The molecule has 78 valence electrons. The molecular weight excluding hydrogens is 172 g/mol. The van der Waals surface area contributed by atoms with Crippen LogP contribution in [0.15, 0.2) is 0 Å². The highest BCUT2D eigenvalue weighted by molar-refractivity contribution is 5.57. The van der Waals surface area contributed by atoms with Gasteiger partial charge >= 0.3 is 6.16 Å². The molecule has 4 heteroatoms. The van der Waals surface area contributed by atoms with E-state index >= 15 is 0 Å². The Morgan fingerprint density at radius 1 is 1.31 bits per heavy atom. The lowest BCUT2D eigenvalue weighted by Crippen LogP contribution is -2.35. The minimum atomic E-state index is -1.28. The van der Waals surface area contributed by atoms with Gasteiger partial charge in [-0.1, -0.05) is 13.8 Å². The van der Waals surface area contributed by atoms with Crippen LogP contribution < -0.4 is 0 Å². The van der Waals surface area contributed by atoms with Crippen LogP contribution in [0.3, 0.4) is 0 Å². The number of hydrogen-bond acceptors (Lipinski definition) is 3. The summed E-state index contributed by atoms with van der Waals surface area (Å²) in [6.07, 6.45) is -0.790. The van der Waals surface area contributed by atoms with Crippen LogP contribution in [0, 0.1) is 5.41 Å². The Morgan fingerprint density at radius 3 is 2.08 bits per heavy atom. The van der Waals surface area contributed by atoms with E-state index in [0.29, 0.717) is 6.42 Å². The Hall–Kier alpha value is -0.770. The minimum absolute atomic E-state index is 0.0133. The quantitative estimate of drug-likeness (QED) is 0.664. The van der Waals surface area contributed by atoms with Gasteiger partial charge in [0.2, 0.25) is 0 Å². The summed E-state index contributed by atoms with van der Waals surface area (Å²) in [4.78, 5) is 10.3. The zero-order valence-corrected chi connectivity index (χ0v) is 8.63. The summed E-state index contributed by atoms with van der Waals surface area (Å²) in [5.74, 6) is 0. The van der Waals surface area contributed by atoms with Gasteiger partial charge in [-0.3, -0.25) is 0 Å². The normalized spacial score (nSPS) is 12.7. The molecule has 2 N–H and O–H groups in total. The predicted molar refractivity (Wildman–Crippen MR) is 48.7 cm³/mol. The number of hydrogen-bond donors (Lipinski definition) is 2. The van der Waals surface area contributed by atoms with Crippen molar-refractivity contribution in [2.24, 2.45) is 5.41 Å². The Labute approximate surface area is 78.5 Å². The van der Waals surface area contributed by atoms with Crippen molar-refractivity contribution in [1.82, 2.24) is 0 Å². The zero-order valence-electron chi connectivity index (χ0n) is 8.63. The Bertz CT molecular complexity index is 184. The second-order valence-corrected chi connectivity index (χ2v) is 4.63. The van der Waals surface area contributed by atoms with Gasteiger partial charge < -0.3 is 14.9 Å². The molecular formula is C9H18O4. The molecule has 0 saturated heterocycles. The molecule has 0 saturated carbocycles. The highest BCUT2D eigenvalue weighted by Gasteiger charge is 2.31. The standard InChI is InChI=1S/C9H18O4/c1-8(2,6-10)5-9(3,4)13-7(11)12/h10H,5-6H2,1-4H3,(H,11,12). The van der Waals surface area contributed by atoms with Gasteiger partial charge in [-0.2, -0.15) is 0 Å². The topological polar surface area (TPSA) is 66.8 Å². The lowest BCUT2D eigenvalue weighted by atomic mass is 9.82. The third-order valence-electron chi connectivity index (χ3n) is 1.70. The summed E-state index contributed by atoms with van der Waals surface area (Å²) in [7, 11) is 0. The number of ether oxygens (including phenoxy) is 1. The number of aliphatic hydroxyl groups is 1. The van der Waals surface area contributed by atoms with Crippen molar-refractivity contribution in [2.45, 2.75) is 39.7 Å². The molecule has 0 bridgehead atoms. The number of carbonyl (C=O) groups is 1. The maximum atomic E-state index is 10.3. The van der Waals surface area contributed by atoms with Crippen LogP contribution in [0.2, 0.25) is 0 Å². The maximum absolute atomic E-state index is 10.3. The molecule has 0 amide bonds. The van der Waals surface area contributed by atoms with Crippen LogP contribution in [0.1, 0.15) is 34.1 Å². The average Bonchev–Trinajstić information content (AvgIpc) is 1.81. The molecule has 0 heterocycles. The van der Waals surface area contributed by atoms with E-state index in [1.54, 1.807) is 13.8 Å². The first-order valence-corrected chi connectivity index (χ1v) is 4.21. The monoisotopic (exact) mass is 190 g/mol.